The molecule has 1 aromatic heterocycles. The van der Waals surface area contributed by atoms with Gasteiger partial charge in [0.1, 0.15) is 17.4 Å². The normalized spacial score (nSPS) is 11.2. The lowest BCUT2D eigenvalue weighted by atomic mass is 10.1. The molecule has 102 valence electrons. The zero-order chi connectivity index (χ0) is 14.3. The number of fused-ring (bicyclic) bond motifs is 1. The van der Waals surface area contributed by atoms with E-state index in [-0.39, 0.29) is 11.6 Å². The molecule has 0 bridgehead atoms. The predicted octanol–water partition coefficient (Wildman–Crippen LogP) is 3.88. The van der Waals surface area contributed by atoms with Crippen LogP contribution in [0.5, 0.6) is 5.75 Å². The molecule has 3 aromatic rings. The number of hydrogen-bond donors (Lipinski definition) is 1. The van der Waals surface area contributed by atoms with Crippen molar-refractivity contribution < 1.29 is 9.50 Å². The summed E-state index contributed by atoms with van der Waals surface area (Å²) in [6, 6.07) is 10.0. The SMILES string of the molecule is CCn1c(-c2ccc(O)c(C)c2)nc2cc(F)ccc21. The van der Waals surface area contributed by atoms with E-state index in [4.69, 9.17) is 0 Å². The summed E-state index contributed by atoms with van der Waals surface area (Å²) in [5, 5.41) is 9.62. The molecule has 4 heteroatoms. The fraction of sp³-hybridized carbons (Fsp3) is 0.188. The lowest BCUT2D eigenvalue weighted by Gasteiger charge is -2.07. The quantitative estimate of drug-likeness (QED) is 0.767. The maximum absolute atomic E-state index is 13.3. The Hall–Kier alpha value is -2.36. The van der Waals surface area contributed by atoms with Crippen molar-refractivity contribution in [2.45, 2.75) is 20.4 Å². The molecular formula is C16H15FN2O. The van der Waals surface area contributed by atoms with Gasteiger partial charge in [0.25, 0.3) is 0 Å². The van der Waals surface area contributed by atoms with Gasteiger partial charge in [-0.1, -0.05) is 0 Å². The molecule has 3 rings (SSSR count). The molecule has 0 amide bonds. The molecule has 0 saturated heterocycles. The van der Waals surface area contributed by atoms with Crippen LogP contribution >= 0.6 is 0 Å². The maximum Gasteiger partial charge on any atom is 0.141 e. The Balaban J connectivity index is 2.26. The zero-order valence-corrected chi connectivity index (χ0v) is 11.4. The van der Waals surface area contributed by atoms with Gasteiger partial charge in [-0.2, -0.15) is 0 Å². The van der Waals surface area contributed by atoms with E-state index in [0.29, 0.717) is 5.52 Å². The second-order valence-electron chi connectivity index (χ2n) is 4.81. The highest BCUT2D eigenvalue weighted by Gasteiger charge is 2.12. The largest absolute Gasteiger partial charge is 0.508 e. The van der Waals surface area contributed by atoms with Gasteiger partial charge in [-0.3, -0.25) is 0 Å². The number of nitrogens with zero attached hydrogens (tertiary/aromatic N) is 2. The first-order valence-corrected chi connectivity index (χ1v) is 6.56. The molecule has 0 aliphatic rings. The van der Waals surface area contributed by atoms with E-state index in [1.165, 1.54) is 12.1 Å². The van der Waals surface area contributed by atoms with E-state index in [9.17, 15) is 9.50 Å². The second-order valence-corrected chi connectivity index (χ2v) is 4.81. The molecule has 2 aromatic carbocycles. The van der Waals surface area contributed by atoms with E-state index in [1.807, 2.05) is 30.5 Å². The molecule has 3 nitrogen and oxygen atoms in total. The number of aromatic nitrogens is 2. The van der Waals surface area contributed by atoms with Gasteiger partial charge in [-0.25, -0.2) is 9.37 Å². The van der Waals surface area contributed by atoms with Crippen molar-refractivity contribution in [3.05, 3.63) is 47.8 Å². The molecule has 0 aliphatic carbocycles. The number of imidazole rings is 1. The number of phenols is 1. The van der Waals surface area contributed by atoms with Crippen LogP contribution in [0.1, 0.15) is 12.5 Å². The van der Waals surface area contributed by atoms with Crippen molar-refractivity contribution in [2.24, 2.45) is 0 Å². The van der Waals surface area contributed by atoms with E-state index >= 15 is 0 Å². The molecule has 1 heterocycles. The van der Waals surface area contributed by atoms with Crippen LogP contribution in [0.15, 0.2) is 36.4 Å². The monoisotopic (exact) mass is 270 g/mol. The molecule has 0 radical (unpaired) electrons. The van der Waals surface area contributed by atoms with E-state index < -0.39 is 0 Å². The topological polar surface area (TPSA) is 38.0 Å². The Morgan fingerprint density at radius 3 is 2.70 bits per heavy atom. The second kappa shape index (κ2) is 4.63. The molecule has 1 N–H and O–H groups in total. The van der Waals surface area contributed by atoms with Crippen LogP contribution in [0, 0.1) is 12.7 Å². The lowest BCUT2D eigenvalue weighted by molar-refractivity contribution is 0.471. The minimum atomic E-state index is -0.285. The van der Waals surface area contributed by atoms with Crippen LogP contribution in [0.4, 0.5) is 4.39 Å². The smallest absolute Gasteiger partial charge is 0.141 e. The summed E-state index contributed by atoms with van der Waals surface area (Å²) in [4.78, 5) is 4.53. The zero-order valence-electron chi connectivity index (χ0n) is 11.4. The Labute approximate surface area is 116 Å². The van der Waals surface area contributed by atoms with E-state index in [0.717, 1.165) is 29.0 Å². The highest BCUT2D eigenvalue weighted by atomic mass is 19.1. The number of rotatable bonds is 2. The first-order valence-electron chi connectivity index (χ1n) is 6.56. The first-order chi connectivity index (χ1) is 9.60. The van der Waals surface area contributed by atoms with Gasteiger partial charge in [0, 0.05) is 18.2 Å². The van der Waals surface area contributed by atoms with Crippen LogP contribution in [0.25, 0.3) is 22.4 Å². The van der Waals surface area contributed by atoms with Gasteiger partial charge in [0.2, 0.25) is 0 Å². The van der Waals surface area contributed by atoms with Crippen molar-refractivity contribution >= 4 is 11.0 Å². The van der Waals surface area contributed by atoms with Gasteiger partial charge in [0.15, 0.2) is 0 Å². The molecule has 0 spiro atoms. The number of aryl methyl sites for hydroxylation is 2. The fourth-order valence-electron chi connectivity index (χ4n) is 2.44. The Morgan fingerprint density at radius 2 is 2.00 bits per heavy atom. The number of halogens is 1. The molecule has 20 heavy (non-hydrogen) atoms. The third-order valence-corrected chi connectivity index (χ3v) is 3.48. The fourth-order valence-corrected chi connectivity index (χ4v) is 2.44. The standard InChI is InChI=1S/C16H15FN2O/c1-3-19-14-6-5-12(17)9-13(14)18-16(19)11-4-7-15(20)10(2)8-11/h4-9,20H,3H2,1-2H3. The minimum Gasteiger partial charge on any atom is -0.508 e. The molecule has 0 unspecified atom stereocenters. The summed E-state index contributed by atoms with van der Waals surface area (Å²) in [5.41, 5.74) is 3.27. The highest BCUT2D eigenvalue weighted by molar-refractivity contribution is 5.81. The summed E-state index contributed by atoms with van der Waals surface area (Å²) in [6.07, 6.45) is 0. The van der Waals surface area contributed by atoms with Crippen LogP contribution in [-0.4, -0.2) is 14.7 Å². The number of hydrogen-bond acceptors (Lipinski definition) is 2. The Kier molecular flexibility index (Phi) is 2.93. The minimum absolute atomic E-state index is 0.263. The van der Waals surface area contributed by atoms with E-state index in [1.54, 1.807) is 12.1 Å². The van der Waals surface area contributed by atoms with Crippen molar-refractivity contribution in [3.8, 4) is 17.1 Å². The van der Waals surface area contributed by atoms with Gasteiger partial charge in [-0.05, 0) is 49.7 Å². The molecular weight excluding hydrogens is 255 g/mol. The molecule has 0 saturated carbocycles. The molecule has 0 aliphatic heterocycles. The van der Waals surface area contributed by atoms with Crippen LogP contribution in [0.2, 0.25) is 0 Å². The van der Waals surface area contributed by atoms with Crippen molar-refractivity contribution in [1.82, 2.24) is 9.55 Å². The van der Waals surface area contributed by atoms with E-state index in [2.05, 4.69) is 4.98 Å². The summed E-state index contributed by atoms with van der Waals surface area (Å²) in [6.45, 7) is 4.62. The summed E-state index contributed by atoms with van der Waals surface area (Å²) < 4.78 is 15.4. The van der Waals surface area contributed by atoms with Crippen LogP contribution in [-0.2, 0) is 6.54 Å². The molecule has 0 fully saturated rings. The van der Waals surface area contributed by atoms with Crippen LogP contribution < -0.4 is 0 Å². The third kappa shape index (κ3) is 1.93. The van der Waals surface area contributed by atoms with Gasteiger partial charge in [0.05, 0.1) is 11.0 Å². The van der Waals surface area contributed by atoms with Gasteiger partial charge in [-0.15, -0.1) is 0 Å². The summed E-state index contributed by atoms with van der Waals surface area (Å²) in [5.74, 6) is 0.766. The lowest BCUT2D eigenvalue weighted by Crippen LogP contribution is -1.97. The maximum atomic E-state index is 13.3. The van der Waals surface area contributed by atoms with Gasteiger partial charge >= 0.3 is 0 Å². The average Bonchev–Trinajstić information content (AvgIpc) is 2.79. The molecule has 0 atom stereocenters. The predicted molar refractivity (Wildman–Crippen MR) is 77.2 cm³/mol. The first kappa shape index (κ1) is 12.7. The number of aromatic hydroxyl groups is 1. The Bertz CT molecular complexity index is 793. The third-order valence-electron chi connectivity index (χ3n) is 3.48. The van der Waals surface area contributed by atoms with Gasteiger partial charge < -0.3 is 9.67 Å². The number of benzene rings is 2. The number of phenolic OH excluding ortho intramolecular Hbond substituents is 1. The highest BCUT2D eigenvalue weighted by Crippen LogP contribution is 2.28. The van der Waals surface area contributed by atoms with Crippen molar-refractivity contribution in [2.75, 3.05) is 0 Å². The van der Waals surface area contributed by atoms with Crippen LogP contribution in [0.3, 0.4) is 0 Å². The van der Waals surface area contributed by atoms with Crippen molar-refractivity contribution in [1.29, 1.82) is 0 Å². The van der Waals surface area contributed by atoms with Crippen molar-refractivity contribution in [3.63, 3.8) is 0 Å². The average molecular weight is 270 g/mol. The Morgan fingerprint density at radius 1 is 1.20 bits per heavy atom. The summed E-state index contributed by atoms with van der Waals surface area (Å²) >= 11 is 0. The summed E-state index contributed by atoms with van der Waals surface area (Å²) in [7, 11) is 0.